The normalized spacial score (nSPS) is 14.3. The van der Waals surface area contributed by atoms with Crippen LogP contribution >= 0.6 is 0 Å². The predicted molar refractivity (Wildman–Crippen MR) is 116 cm³/mol. The third-order valence-electron chi connectivity index (χ3n) is 5.22. The van der Waals surface area contributed by atoms with E-state index in [2.05, 4.69) is 16.7 Å². The number of carbonyl (C=O) groups is 3. The maximum Gasteiger partial charge on any atom is 0.331 e. The number of nitriles is 1. The number of fused-ring (bicyclic) bond motifs is 1. The molecule has 1 fully saturated rings. The van der Waals surface area contributed by atoms with Crippen molar-refractivity contribution in [2.45, 2.75) is 51.1 Å². The zero-order valence-electron chi connectivity index (χ0n) is 17.3. The molecular formula is C23H26N4O4. The summed E-state index contributed by atoms with van der Waals surface area (Å²) in [5, 5.41) is 14.7. The average molecular weight is 422 g/mol. The number of carbonyl (C=O) groups excluding carboxylic acids is 3. The molecule has 0 aliphatic heterocycles. The van der Waals surface area contributed by atoms with Crippen molar-refractivity contribution in [3.8, 4) is 6.07 Å². The van der Waals surface area contributed by atoms with E-state index in [0.717, 1.165) is 42.1 Å². The molecule has 1 aliphatic carbocycles. The van der Waals surface area contributed by atoms with Crippen LogP contribution in [0.1, 0.15) is 44.1 Å². The second-order valence-electron chi connectivity index (χ2n) is 7.50. The van der Waals surface area contributed by atoms with Gasteiger partial charge >= 0.3 is 12.0 Å². The minimum Gasteiger partial charge on any atom is -0.452 e. The first kappa shape index (κ1) is 22.1. The number of aromatic nitrogens is 1. The minimum atomic E-state index is -0.684. The van der Waals surface area contributed by atoms with Crippen LogP contribution in [0.5, 0.6) is 0 Å². The largest absolute Gasteiger partial charge is 0.452 e. The molecule has 0 atom stereocenters. The highest BCUT2D eigenvalue weighted by Crippen LogP contribution is 2.23. The molecule has 0 bridgehead atoms. The van der Waals surface area contributed by atoms with E-state index in [0.29, 0.717) is 13.0 Å². The number of imide groups is 1. The Balaban J connectivity index is 1.49. The number of esters is 1. The molecule has 3 rings (SSSR count). The summed E-state index contributed by atoms with van der Waals surface area (Å²) in [5.74, 6) is -1.36. The second-order valence-corrected chi connectivity index (χ2v) is 7.50. The van der Waals surface area contributed by atoms with E-state index in [1.54, 1.807) is 6.08 Å². The van der Waals surface area contributed by atoms with Crippen molar-refractivity contribution in [2.75, 3.05) is 6.61 Å². The maximum absolute atomic E-state index is 12.0. The number of hydrogen-bond donors (Lipinski definition) is 2. The Morgan fingerprint density at radius 1 is 1.19 bits per heavy atom. The van der Waals surface area contributed by atoms with E-state index in [1.807, 2.05) is 35.0 Å². The number of urea groups is 1. The van der Waals surface area contributed by atoms with Gasteiger partial charge < -0.3 is 14.6 Å². The summed E-state index contributed by atoms with van der Waals surface area (Å²) in [6.07, 6.45) is 10.2. The van der Waals surface area contributed by atoms with Gasteiger partial charge in [-0.25, -0.2) is 9.59 Å². The highest BCUT2D eigenvalue weighted by molar-refractivity contribution is 5.97. The molecule has 2 N–H and O–H groups in total. The highest BCUT2D eigenvalue weighted by Gasteiger charge is 2.17. The first-order chi connectivity index (χ1) is 15.1. The summed E-state index contributed by atoms with van der Waals surface area (Å²) in [7, 11) is 0. The summed E-state index contributed by atoms with van der Waals surface area (Å²) in [6, 6.07) is 9.34. The molecular weight excluding hydrogens is 396 g/mol. The van der Waals surface area contributed by atoms with Gasteiger partial charge in [-0.2, -0.15) is 5.26 Å². The van der Waals surface area contributed by atoms with E-state index in [-0.39, 0.29) is 6.04 Å². The van der Waals surface area contributed by atoms with Crippen LogP contribution in [-0.2, 0) is 20.9 Å². The molecule has 1 aromatic carbocycles. The van der Waals surface area contributed by atoms with Crippen LogP contribution in [0.15, 0.2) is 36.5 Å². The van der Waals surface area contributed by atoms with E-state index in [9.17, 15) is 14.4 Å². The number of rotatable bonds is 7. The first-order valence-corrected chi connectivity index (χ1v) is 10.5. The Morgan fingerprint density at radius 2 is 1.97 bits per heavy atom. The number of benzene rings is 1. The van der Waals surface area contributed by atoms with Gasteiger partial charge in [0.1, 0.15) is 0 Å². The summed E-state index contributed by atoms with van der Waals surface area (Å²) in [4.78, 5) is 35.7. The topological polar surface area (TPSA) is 113 Å². The van der Waals surface area contributed by atoms with Crippen LogP contribution < -0.4 is 10.6 Å². The Bertz CT molecular complexity index is 1010. The fraction of sp³-hybridized carbons (Fsp3) is 0.391. The molecule has 1 aromatic heterocycles. The molecule has 2 aromatic rings. The Hall–Kier alpha value is -3.60. The molecule has 1 heterocycles. The SMILES string of the molecule is N#CCCn1cc(/C=C/C(=O)OCC(=O)NC(=O)NC2CCCCC2)c2ccccc21. The van der Waals surface area contributed by atoms with Gasteiger partial charge in [0, 0.05) is 41.3 Å². The van der Waals surface area contributed by atoms with Crippen molar-refractivity contribution in [3.05, 3.63) is 42.1 Å². The summed E-state index contributed by atoms with van der Waals surface area (Å²) in [5.41, 5.74) is 1.77. The van der Waals surface area contributed by atoms with Gasteiger partial charge in [0.2, 0.25) is 0 Å². The van der Waals surface area contributed by atoms with Crippen molar-refractivity contribution in [1.82, 2.24) is 15.2 Å². The van der Waals surface area contributed by atoms with Crippen LogP contribution in [-0.4, -0.2) is 35.1 Å². The molecule has 0 radical (unpaired) electrons. The highest BCUT2D eigenvalue weighted by atomic mass is 16.5. The standard InChI is InChI=1S/C23H26N4O4/c24-13-6-14-27-15-17(19-9-4-5-10-20(19)27)11-12-22(29)31-16-21(28)26-23(30)25-18-7-2-1-3-8-18/h4-5,9-12,15,18H,1-3,6-8,14,16H2,(H2,25,26,28,30)/b12-11+. The van der Waals surface area contributed by atoms with E-state index in [4.69, 9.17) is 10.00 Å². The molecule has 8 nitrogen and oxygen atoms in total. The first-order valence-electron chi connectivity index (χ1n) is 10.5. The minimum absolute atomic E-state index is 0.0855. The fourth-order valence-corrected chi connectivity index (χ4v) is 3.74. The lowest BCUT2D eigenvalue weighted by atomic mass is 9.96. The van der Waals surface area contributed by atoms with E-state index < -0.39 is 24.5 Å². The van der Waals surface area contributed by atoms with Gasteiger partial charge in [0.05, 0.1) is 12.5 Å². The Labute approximate surface area is 180 Å². The summed E-state index contributed by atoms with van der Waals surface area (Å²) in [6.45, 7) is 0.0174. The van der Waals surface area contributed by atoms with Gasteiger partial charge in [0.15, 0.2) is 6.61 Å². The lowest BCUT2D eigenvalue weighted by molar-refractivity contribution is -0.143. The summed E-state index contributed by atoms with van der Waals surface area (Å²) >= 11 is 0. The van der Waals surface area contributed by atoms with Crippen LogP contribution in [0.3, 0.4) is 0 Å². The zero-order chi connectivity index (χ0) is 22.1. The van der Waals surface area contributed by atoms with Crippen LogP contribution in [0.4, 0.5) is 4.79 Å². The number of nitrogens with one attached hydrogen (secondary N) is 2. The van der Waals surface area contributed by atoms with E-state index in [1.165, 1.54) is 12.5 Å². The van der Waals surface area contributed by atoms with Crippen molar-refractivity contribution >= 4 is 34.9 Å². The molecule has 0 unspecified atom stereocenters. The smallest absolute Gasteiger partial charge is 0.331 e. The third kappa shape index (κ3) is 6.44. The maximum atomic E-state index is 12.0. The third-order valence-corrected chi connectivity index (χ3v) is 5.22. The number of hydrogen-bond acceptors (Lipinski definition) is 5. The number of ether oxygens (including phenoxy) is 1. The van der Waals surface area contributed by atoms with Gasteiger partial charge in [0.25, 0.3) is 5.91 Å². The number of amides is 3. The molecule has 1 aliphatic rings. The molecule has 8 heteroatoms. The monoisotopic (exact) mass is 422 g/mol. The Morgan fingerprint density at radius 3 is 2.74 bits per heavy atom. The zero-order valence-corrected chi connectivity index (χ0v) is 17.3. The van der Waals surface area contributed by atoms with Crippen molar-refractivity contribution in [2.24, 2.45) is 0 Å². The average Bonchev–Trinajstić information content (AvgIpc) is 3.13. The molecule has 162 valence electrons. The number of aryl methyl sites for hydroxylation is 1. The van der Waals surface area contributed by atoms with Crippen LogP contribution in [0.25, 0.3) is 17.0 Å². The molecule has 0 saturated heterocycles. The lowest BCUT2D eigenvalue weighted by Gasteiger charge is -2.22. The van der Waals surface area contributed by atoms with Gasteiger partial charge in [-0.3, -0.25) is 10.1 Å². The second kappa shape index (κ2) is 11.0. The predicted octanol–water partition coefficient (Wildman–Crippen LogP) is 3.27. The molecule has 31 heavy (non-hydrogen) atoms. The summed E-state index contributed by atoms with van der Waals surface area (Å²) < 4.78 is 6.89. The molecule has 0 spiro atoms. The van der Waals surface area contributed by atoms with Crippen molar-refractivity contribution in [1.29, 1.82) is 5.26 Å². The Kier molecular flexibility index (Phi) is 7.82. The van der Waals surface area contributed by atoms with Gasteiger partial charge in [-0.1, -0.05) is 37.5 Å². The van der Waals surface area contributed by atoms with Gasteiger partial charge in [-0.15, -0.1) is 0 Å². The van der Waals surface area contributed by atoms with Crippen LogP contribution in [0.2, 0.25) is 0 Å². The lowest BCUT2D eigenvalue weighted by Crippen LogP contribution is -2.46. The number of nitrogens with zero attached hydrogens (tertiary/aromatic N) is 2. The van der Waals surface area contributed by atoms with Crippen molar-refractivity contribution in [3.63, 3.8) is 0 Å². The molecule has 3 amide bonds. The molecule has 1 saturated carbocycles. The van der Waals surface area contributed by atoms with Crippen molar-refractivity contribution < 1.29 is 19.1 Å². The van der Waals surface area contributed by atoms with Crippen LogP contribution in [0, 0.1) is 11.3 Å². The fourth-order valence-electron chi connectivity index (χ4n) is 3.74. The quantitative estimate of drug-likeness (QED) is 0.525. The van der Waals surface area contributed by atoms with Gasteiger partial charge in [-0.05, 0) is 25.0 Å². The number of para-hydroxylation sites is 1. The van der Waals surface area contributed by atoms with E-state index >= 15 is 0 Å².